The molecule has 2 rings (SSSR count). The van der Waals surface area contributed by atoms with E-state index < -0.39 is 0 Å². The van der Waals surface area contributed by atoms with Gasteiger partial charge < -0.3 is 4.57 Å². The van der Waals surface area contributed by atoms with Crippen molar-refractivity contribution in [2.24, 2.45) is 7.05 Å². The fourth-order valence-electron chi connectivity index (χ4n) is 1.57. The highest BCUT2D eigenvalue weighted by atomic mass is 79.9. The summed E-state index contributed by atoms with van der Waals surface area (Å²) in [6.45, 7) is 0. The Morgan fingerprint density at radius 2 is 2.06 bits per heavy atom. The highest BCUT2D eigenvalue weighted by molar-refractivity contribution is 9.10. The fourth-order valence-corrected chi connectivity index (χ4v) is 1.97. The van der Waals surface area contributed by atoms with Crippen molar-refractivity contribution in [3.05, 3.63) is 40.6 Å². The van der Waals surface area contributed by atoms with Gasteiger partial charge in [-0.2, -0.15) is 5.26 Å². The minimum atomic E-state index is 0.321. The standard InChI is InChI=1S/C12H10BrN3/c1-16-11(13)10(7-8-14)15-12(16)9-5-3-2-4-6-9/h2-6H,7H2,1H3. The summed E-state index contributed by atoms with van der Waals surface area (Å²) in [7, 11) is 1.93. The molecule has 2 aromatic rings. The van der Waals surface area contributed by atoms with Crippen LogP contribution in [0.1, 0.15) is 5.69 Å². The number of nitrogens with zero attached hydrogens (tertiary/aromatic N) is 3. The largest absolute Gasteiger partial charge is 0.322 e. The van der Waals surface area contributed by atoms with Crippen molar-refractivity contribution in [2.45, 2.75) is 6.42 Å². The van der Waals surface area contributed by atoms with E-state index in [9.17, 15) is 0 Å². The van der Waals surface area contributed by atoms with Crippen molar-refractivity contribution in [1.82, 2.24) is 9.55 Å². The van der Waals surface area contributed by atoms with Crippen LogP contribution in [0.3, 0.4) is 0 Å². The van der Waals surface area contributed by atoms with Gasteiger partial charge in [-0.15, -0.1) is 0 Å². The smallest absolute Gasteiger partial charge is 0.140 e. The third-order valence-electron chi connectivity index (χ3n) is 2.37. The van der Waals surface area contributed by atoms with Crippen molar-refractivity contribution in [3.63, 3.8) is 0 Å². The van der Waals surface area contributed by atoms with E-state index in [-0.39, 0.29) is 0 Å². The van der Waals surface area contributed by atoms with Gasteiger partial charge in [0.15, 0.2) is 0 Å². The molecule has 0 saturated heterocycles. The van der Waals surface area contributed by atoms with Crippen LogP contribution in [0.5, 0.6) is 0 Å². The number of hydrogen-bond donors (Lipinski definition) is 0. The molecule has 1 aromatic carbocycles. The van der Waals surface area contributed by atoms with E-state index in [1.54, 1.807) is 0 Å². The molecule has 0 unspecified atom stereocenters. The van der Waals surface area contributed by atoms with Crippen molar-refractivity contribution < 1.29 is 0 Å². The molecule has 3 nitrogen and oxygen atoms in total. The number of rotatable bonds is 2. The molecule has 0 aliphatic rings. The van der Waals surface area contributed by atoms with Crippen molar-refractivity contribution in [2.75, 3.05) is 0 Å². The lowest BCUT2D eigenvalue weighted by atomic mass is 10.2. The summed E-state index contributed by atoms with van der Waals surface area (Å²) in [5.74, 6) is 0.873. The first-order chi connectivity index (χ1) is 7.74. The number of aromatic nitrogens is 2. The zero-order valence-electron chi connectivity index (χ0n) is 8.81. The maximum absolute atomic E-state index is 8.69. The summed E-state index contributed by atoms with van der Waals surface area (Å²) < 4.78 is 2.81. The molecule has 1 aromatic heterocycles. The van der Waals surface area contributed by atoms with Gasteiger partial charge in [0.05, 0.1) is 18.2 Å². The van der Waals surface area contributed by atoms with Crippen LogP contribution in [0.2, 0.25) is 0 Å². The number of nitriles is 1. The molecule has 0 saturated carbocycles. The zero-order valence-corrected chi connectivity index (χ0v) is 10.4. The molecule has 1 heterocycles. The Hall–Kier alpha value is -1.60. The quantitative estimate of drug-likeness (QED) is 0.846. The zero-order chi connectivity index (χ0) is 11.5. The predicted octanol–water partition coefficient (Wildman–Crippen LogP) is 2.92. The van der Waals surface area contributed by atoms with Gasteiger partial charge in [0.1, 0.15) is 10.4 Å². The molecule has 0 fully saturated rings. The minimum absolute atomic E-state index is 0.321. The van der Waals surface area contributed by atoms with Crippen LogP contribution < -0.4 is 0 Å². The van der Waals surface area contributed by atoms with Gasteiger partial charge in [-0.3, -0.25) is 0 Å². The molecule has 80 valence electrons. The van der Waals surface area contributed by atoms with Crippen molar-refractivity contribution in [1.29, 1.82) is 5.26 Å². The molecule has 0 aliphatic heterocycles. The normalized spacial score (nSPS) is 10.1. The third-order valence-corrected chi connectivity index (χ3v) is 3.36. The lowest BCUT2D eigenvalue weighted by Crippen LogP contribution is -1.92. The van der Waals surface area contributed by atoms with E-state index in [4.69, 9.17) is 5.26 Å². The van der Waals surface area contributed by atoms with Crippen LogP contribution in [0.15, 0.2) is 34.9 Å². The summed E-state index contributed by atoms with van der Waals surface area (Å²) in [5, 5.41) is 8.69. The molecule has 0 radical (unpaired) electrons. The fraction of sp³-hybridized carbons (Fsp3) is 0.167. The van der Waals surface area contributed by atoms with Gasteiger partial charge in [0, 0.05) is 12.6 Å². The van der Waals surface area contributed by atoms with Crippen LogP contribution in [0.4, 0.5) is 0 Å². The van der Waals surface area contributed by atoms with E-state index in [1.807, 2.05) is 41.9 Å². The minimum Gasteiger partial charge on any atom is -0.322 e. The van der Waals surface area contributed by atoms with Crippen LogP contribution in [-0.4, -0.2) is 9.55 Å². The molecule has 0 N–H and O–H groups in total. The Bertz CT molecular complexity index is 537. The third kappa shape index (κ3) is 1.86. The number of hydrogen-bond acceptors (Lipinski definition) is 2. The molecular formula is C12H10BrN3. The van der Waals surface area contributed by atoms with Crippen LogP contribution in [0.25, 0.3) is 11.4 Å². The maximum Gasteiger partial charge on any atom is 0.140 e. The van der Waals surface area contributed by atoms with E-state index >= 15 is 0 Å². The van der Waals surface area contributed by atoms with Gasteiger partial charge in [-0.05, 0) is 15.9 Å². The summed E-state index contributed by atoms with van der Waals surface area (Å²) in [4.78, 5) is 4.46. The number of halogens is 1. The molecule has 16 heavy (non-hydrogen) atoms. The van der Waals surface area contributed by atoms with Gasteiger partial charge >= 0.3 is 0 Å². The van der Waals surface area contributed by atoms with Crippen molar-refractivity contribution >= 4 is 15.9 Å². The van der Waals surface area contributed by atoms with Crippen LogP contribution >= 0.6 is 15.9 Å². The molecule has 4 heteroatoms. The summed E-state index contributed by atoms with van der Waals surface area (Å²) in [5.41, 5.74) is 1.83. The lowest BCUT2D eigenvalue weighted by Gasteiger charge is -2.01. The summed E-state index contributed by atoms with van der Waals surface area (Å²) in [6, 6.07) is 12.0. The molecule has 0 aliphatic carbocycles. The number of imidazole rings is 1. The average Bonchev–Trinajstić information content (AvgIpc) is 2.59. The Balaban J connectivity index is 2.52. The number of benzene rings is 1. The molecule has 0 spiro atoms. The molecule has 0 atom stereocenters. The SMILES string of the molecule is Cn1c(-c2ccccc2)nc(CC#N)c1Br. The molecular weight excluding hydrogens is 266 g/mol. The van der Waals surface area contributed by atoms with Crippen LogP contribution in [-0.2, 0) is 13.5 Å². The highest BCUT2D eigenvalue weighted by Crippen LogP contribution is 2.25. The second-order valence-electron chi connectivity index (χ2n) is 3.43. The first kappa shape index (κ1) is 10.9. The van der Waals surface area contributed by atoms with Crippen molar-refractivity contribution in [3.8, 4) is 17.5 Å². The van der Waals surface area contributed by atoms with Gasteiger partial charge in [-0.25, -0.2) is 4.98 Å². The van der Waals surface area contributed by atoms with Gasteiger partial charge in [-0.1, -0.05) is 30.3 Å². The summed E-state index contributed by atoms with van der Waals surface area (Å²) >= 11 is 3.45. The first-order valence-corrected chi connectivity index (χ1v) is 5.67. The monoisotopic (exact) mass is 275 g/mol. The van der Waals surface area contributed by atoms with Crippen LogP contribution in [0, 0.1) is 11.3 Å². The topological polar surface area (TPSA) is 41.6 Å². The predicted molar refractivity (Wildman–Crippen MR) is 65.7 cm³/mol. The average molecular weight is 276 g/mol. The maximum atomic E-state index is 8.69. The molecule has 0 bridgehead atoms. The van der Waals surface area contributed by atoms with Gasteiger partial charge in [0.25, 0.3) is 0 Å². The molecule has 0 amide bonds. The van der Waals surface area contributed by atoms with E-state index in [0.717, 1.165) is 21.7 Å². The Morgan fingerprint density at radius 3 is 2.69 bits per heavy atom. The first-order valence-electron chi connectivity index (χ1n) is 4.87. The van der Waals surface area contributed by atoms with E-state index in [0.29, 0.717) is 6.42 Å². The van der Waals surface area contributed by atoms with E-state index in [1.165, 1.54) is 0 Å². The lowest BCUT2D eigenvalue weighted by molar-refractivity contribution is 0.898. The Morgan fingerprint density at radius 1 is 1.38 bits per heavy atom. The second kappa shape index (κ2) is 4.50. The second-order valence-corrected chi connectivity index (χ2v) is 4.18. The van der Waals surface area contributed by atoms with E-state index in [2.05, 4.69) is 27.0 Å². The van der Waals surface area contributed by atoms with Gasteiger partial charge in [0.2, 0.25) is 0 Å². The summed E-state index contributed by atoms with van der Waals surface area (Å²) in [6.07, 6.45) is 0.321. The Labute approximate surface area is 102 Å². The Kier molecular flexibility index (Phi) is 3.07. The highest BCUT2D eigenvalue weighted by Gasteiger charge is 2.12.